The molecule has 4 aliphatic carbocycles. The Bertz CT molecular complexity index is 846. The van der Waals surface area contributed by atoms with Gasteiger partial charge in [0.1, 0.15) is 0 Å². The second-order valence-corrected chi connectivity index (χ2v) is 28.5. The quantitative estimate of drug-likeness (QED) is 0.328. The Morgan fingerprint density at radius 2 is 1.47 bits per heavy atom. The Labute approximate surface area is 213 Å². The van der Waals surface area contributed by atoms with Gasteiger partial charge in [0, 0.05) is 17.4 Å². The van der Waals surface area contributed by atoms with E-state index in [-0.39, 0.29) is 5.41 Å². The lowest BCUT2D eigenvalue weighted by molar-refractivity contribution is -0.0930. The highest BCUT2D eigenvalue weighted by molar-refractivity contribution is 6.70. The lowest BCUT2D eigenvalue weighted by atomic mass is 9.46. The zero-order chi connectivity index (χ0) is 25.3. The zero-order valence-electron chi connectivity index (χ0n) is 24.0. The molecular weight excluding hydrogens is 469 g/mol. The first-order chi connectivity index (χ1) is 15.4. The summed E-state index contributed by atoms with van der Waals surface area (Å²) in [4.78, 5) is 0. The molecule has 0 aromatic rings. The van der Waals surface area contributed by atoms with Crippen molar-refractivity contribution in [3.63, 3.8) is 0 Å². The normalized spacial score (nSPS) is 40.5. The molecule has 0 radical (unpaired) electrons. The van der Waals surface area contributed by atoms with Crippen LogP contribution in [0, 0.1) is 34.5 Å². The monoisotopic (exact) mass is 520 g/mol. The van der Waals surface area contributed by atoms with Gasteiger partial charge in [-0.15, -0.1) is 0 Å². The molecule has 0 aromatic heterocycles. The topological polar surface area (TPSA) is 27.7 Å². The van der Waals surface area contributed by atoms with Crippen LogP contribution < -0.4 is 0 Å². The molecule has 6 heteroatoms. The molecule has 0 heterocycles. The Kier molecular flexibility index (Phi) is 6.79. The third kappa shape index (κ3) is 5.21. The van der Waals surface area contributed by atoms with Crippen LogP contribution in [0.1, 0.15) is 52.4 Å². The maximum Gasteiger partial charge on any atom is 0.241 e. The fourth-order valence-electron chi connectivity index (χ4n) is 7.86. The van der Waals surface area contributed by atoms with Gasteiger partial charge in [0.05, 0.1) is 11.5 Å². The number of hydrogen-bond acceptors (Lipinski definition) is 3. The lowest BCUT2D eigenvalue weighted by Crippen LogP contribution is -2.55. The smallest absolute Gasteiger partial charge is 0.241 e. The van der Waals surface area contributed by atoms with Gasteiger partial charge in [0.2, 0.25) is 16.6 Å². The molecule has 0 aromatic carbocycles. The molecule has 0 spiro atoms. The van der Waals surface area contributed by atoms with Gasteiger partial charge < -0.3 is 13.3 Å². The minimum absolute atomic E-state index is 0.0161. The van der Waals surface area contributed by atoms with Crippen LogP contribution >= 0.6 is 0 Å². The van der Waals surface area contributed by atoms with Crippen LogP contribution in [0.3, 0.4) is 0 Å². The minimum Gasteiger partial charge on any atom is -0.547 e. The Morgan fingerprint density at radius 3 is 2.06 bits per heavy atom. The van der Waals surface area contributed by atoms with E-state index in [2.05, 4.69) is 84.9 Å². The average molecular weight is 521 g/mol. The highest BCUT2D eigenvalue weighted by Gasteiger charge is 2.61. The van der Waals surface area contributed by atoms with E-state index in [4.69, 9.17) is 13.3 Å². The van der Waals surface area contributed by atoms with Gasteiger partial charge in [-0.1, -0.05) is 6.92 Å². The number of hydrogen-bond donors (Lipinski definition) is 0. The van der Waals surface area contributed by atoms with Crippen molar-refractivity contribution in [3.05, 3.63) is 23.7 Å². The first kappa shape index (κ1) is 26.7. The first-order valence-corrected chi connectivity index (χ1v) is 24.1. The van der Waals surface area contributed by atoms with Crippen LogP contribution in [0.4, 0.5) is 0 Å². The molecule has 0 aliphatic heterocycles. The molecule has 4 aliphatic rings. The summed E-state index contributed by atoms with van der Waals surface area (Å²) in [7, 11) is -4.92. The Morgan fingerprint density at radius 1 is 0.824 bits per heavy atom. The van der Waals surface area contributed by atoms with E-state index in [1.165, 1.54) is 43.6 Å². The first-order valence-electron chi connectivity index (χ1n) is 13.9. The Balaban J connectivity index is 1.70. The molecule has 194 valence electrons. The second-order valence-electron chi connectivity index (χ2n) is 15.2. The van der Waals surface area contributed by atoms with E-state index in [1.807, 2.05) is 0 Å². The summed E-state index contributed by atoms with van der Waals surface area (Å²) in [5.41, 5.74) is 0.301. The molecular formula is C28H52O3Si3. The molecule has 3 unspecified atom stereocenters. The summed E-state index contributed by atoms with van der Waals surface area (Å²) < 4.78 is 20.4. The third-order valence-corrected chi connectivity index (χ3v) is 11.7. The summed E-state index contributed by atoms with van der Waals surface area (Å²) in [6.07, 6.45) is 13.0. The molecule has 0 bridgehead atoms. The van der Waals surface area contributed by atoms with Crippen molar-refractivity contribution in [1.29, 1.82) is 0 Å². The molecule has 34 heavy (non-hydrogen) atoms. The van der Waals surface area contributed by atoms with Crippen molar-refractivity contribution in [2.24, 2.45) is 34.5 Å². The van der Waals surface area contributed by atoms with Crippen molar-refractivity contribution in [3.8, 4) is 0 Å². The highest BCUT2D eigenvalue weighted by atomic mass is 28.4. The SMILES string of the molecule is C[C@]12C=C(O[Si](C)(C)C)C3C(CC[C@H]4C[C@H](O[Si](C)(C)C)CC[C@]34C)C1CC=C2O[Si](C)(C)C. The summed E-state index contributed by atoms with van der Waals surface area (Å²) in [6.45, 7) is 26.1. The lowest BCUT2D eigenvalue weighted by Gasteiger charge is -2.60. The highest BCUT2D eigenvalue weighted by Crippen LogP contribution is 2.66. The molecule has 4 rings (SSSR count). The zero-order valence-corrected chi connectivity index (χ0v) is 27.0. The summed E-state index contributed by atoms with van der Waals surface area (Å²) in [5.74, 6) is 5.19. The van der Waals surface area contributed by atoms with Gasteiger partial charge in [0.25, 0.3) is 0 Å². The average Bonchev–Trinajstić information content (AvgIpc) is 2.93. The van der Waals surface area contributed by atoms with Crippen molar-refractivity contribution in [2.45, 2.75) is 117 Å². The molecule has 0 N–H and O–H groups in total. The van der Waals surface area contributed by atoms with Crippen LogP contribution in [-0.4, -0.2) is 31.1 Å². The van der Waals surface area contributed by atoms with E-state index in [0.717, 1.165) is 12.3 Å². The maximum absolute atomic E-state index is 7.03. The Hall–Kier alpha value is -0.309. The van der Waals surface area contributed by atoms with E-state index < -0.39 is 25.0 Å². The number of allylic oxidation sites excluding steroid dienone is 3. The maximum atomic E-state index is 7.03. The van der Waals surface area contributed by atoms with Crippen LogP contribution in [0.25, 0.3) is 0 Å². The molecule has 3 nitrogen and oxygen atoms in total. The summed E-state index contributed by atoms with van der Waals surface area (Å²) in [5, 5.41) is 0. The second kappa shape index (κ2) is 8.63. The summed E-state index contributed by atoms with van der Waals surface area (Å²) in [6, 6.07) is 0. The van der Waals surface area contributed by atoms with Crippen LogP contribution in [0.2, 0.25) is 58.9 Å². The fourth-order valence-corrected chi connectivity index (χ4v) is 10.9. The van der Waals surface area contributed by atoms with Gasteiger partial charge in [-0.05, 0) is 140 Å². The number of rotatable bonds is 6. The van der Waals surface area contributed by atoms with Gasteiger partial charge >= 0.3 is 0 Å². The minimum atomic E-state index is -1.74. The van der Waals surface area contributed by atoms with Crippen molar-refractivity contribution in [1.82, 2.24) is 0 Å². The molecule has 2 fully saturated rings. The largest absolute Gasteiger partial charge is 0.547 e. The van der Waals surface area contributed by atoms with Crippen molar-refractivity contribution in [2.75, 3.05) is 0 Å². The summed E-state index contributed by atoms with van der Waals surface area (Å²) >= 11 is 0. The van der Waals surface area contributed by atoms with Crippen LogP contribution in [0.5, 0.6) is 0 Å². The van der Waals surface area contributed by atoms with Gasteiger partial charge in [-0.2, -0.15) is 0 Å². The van der Waals surface area contributed by atoms with Gasteiger partial charge in [0.15, 0.2) is 8.32 Å². The van der Waals surface area contributed by atoms with Crippen molar-refractivity contribution < 1.29 is 13.3 Å². The molecule has 7 atom stereocenters. The van der Waals surface area contributed by atoms with E-state index >= 15 is 0 Å². The van der Waals surface area contributed by atoms with Crippen LogP contribution in [0.15, 0.2) is 23.7 Å². The van der Waals surface area contributed by atoms with Crippen LogP contribution in [-0.2, 0) is 13.3 Å². The number of fused-ring (bicyclic) bond motifs is 5. The van der Waals surface area contributed by atoms with E-state index in [0.29, 0.717) is 29.3 Å². The molecule has 0 saturated heterocycles. The molecule has 0 amide bonds. The van der Waals surface area contributed by atoms with Crippen molar-refractivity contribution >= 4 is 25.0 Å². The standard InChI is InChI=1S/C28H52O3Si3/c1-27-17-16-21(29-32(3,4)5)18-20(27)12-13-22-23-14-15-25(31-34(9,10)11)28(23,2)19-24(26(22)27)30-33(6,7)8/h15,19-23,26H,12-14,16-18H2,1-11H3/t20-,21+,22?,23?,26?,27-,28-/m0/s1. The van der Waals surface area contributed by atoms with Gasteiger partial charge in [-0.3, -0.25) is 0 Å². The fraction of sp³-hybridized carbons (Fsp3) is 0.857. The predicted molar refractivity (Wildman–Crippen MR) is 151 cm³/mol. The van der Waals surface area contributed by atoms with E-state index in [9.17, 15) is 0 Å². The third-order valence-electron chi connectivity index (χ3n) is 8.96. The molecule has 2 saturated carbocycles. The van der Waals surface area contributed by atoms with E-state index in [1.54, 1.807) is 0 Å². The predicted octanol–water partition coefficient (Wildman–Crippen LogP) is 8.55. The van der Waals surface area contributed by atoms with Gasteiger partial charge in [-0.25, -0.2) is 0 Å².